The van der Waals surface area contributed by atoms with Crippen LogP contribution in [0.15, 0.2) is 22.7 Å². The molecule has 0 aliphatic rings. The van der Waals surface area contributed by atoms with Gasteiger partial charge in [0.15, 0.2) is 0 Å². The third-order valence-corrected chi connectivity index (χ3v) is 3.55. The van der Waals surface area contributed by atoms with Crippen molar-refractivity contribution >= 4 is 33.4 Å². The van der Waals surface area contributed by atoms with E-state index in [0.29, 0.717) is 28.0 Å². The molecular weight excluding hydrogens is 373 g/mol. The molecule has 0 unspecified atom stereocenters. The van der Waals surface area contributed by atoms with Crippen molar-refractivity contribution in [1.82, 2.24) is 10.2 Å². The molecule has 0 radical (unpaired) electrons. The van der Waals surface area contributed by atoms with Crippen LogP contribution in [0.1, 0.15) is 16.8 Å². The van der Waals surface area contributed by atoms with Crippen molar-refractivity contribution in [2.75, 3.05) is 26.7 Å². The van der Waals surface area contributed by atoms with E-state index in [-0.39, 0.29) is 12.5 Å². The normalized spacial score (nSPS) is 11.8. The second-order valence-electron chi connectivity index (χ2n) is 4.59. The Balaban J connectivity index is 2.36. The van der Waals surface area contributed by atoms with Gasteiger partial charge in [-0.2, -0.15) is 13.2 Å². The molecule has 0 fully saturated rings. The predicted molar refractivity (Wildman–Crippen MR) is 79.7 cm³/mol. The first kappa shape index (κ1) is 18.3. The van der Waals surface area contributed by atoms with Crippen LogP contribution in [0, 0.1) is 0 Å². The number of halogens is 5. The molecule has 1 N–H and O–H groups in total. The number of carbonyl (C=O) groups is 1. The summed E-state index contributed by atoms with van der Waals surface area (Å²) in [6, 6.07) is 4.83. The quantitative estimate of drug-likeness (QED) is 0.755. The molecule has 1 aromatic rings. The molecule has 0 aliphatic carbocycles. The molecular formula is C13H15BrClF3N2O. The molecule has 3 nitrogen and oxygen atoms in total. The van der Waals surface area contributed by atoms with Crippen molar-refractivity contribution in [2.45, 2.75) is 12.6 Å². The molecule has 1 amide bonds. The molecule has 8 heteroatoms. The Labute approximate surface area is 134 Å². The number of nitrogens with zero attached hydrogens (tertiary/aromatic N) is 1. The van der Waals surface area contributed by atoms with Gasteiger partial charge in [-0.15, -0.1) is 0 Å². The summed E-state index contributed by atoms with van der Waals surface area (Å²) in [7, 11) is 1.39. The van der Waals surface area contributed by atoms with Crippen LogP contribution in [0.5, 0.6) is 0 Å². The topological polar surface area (TPSA) is 32.3 Å². The van der Waals surface area contributed by atoms with Crippen molar-refractivity contribution in [3.05, 3.63) is 33.3 Å². The number of rotatable bonds is 6. The molecule has 1 rings (SSSR count). The highest BCUT2D eigenvalue weighted by molar-refractivity contribution is 9.10. The Morgan fingerprint density at radius 2 is 2.10 bits per heavy atom. The van der Waals surface area contributed by atoms with Crippen LogP contribution >= 0.6 is 27.5 Å². The van der Waals surface area contributed by atoms with E-state index >= 15 is 0 Å². The fourth-order valence-electron chi connectivity index (χ4n) is 1.70. The number of hydrogen-bond donors (Lipinski definition) is 1. The molecule has 118 valence electrons. The van der Waals surface area contributed by atoms with Gasteiger partial charge in [-0.05, 0) is 54.1 Å². The van der Waals surface area contributed by atoms with Crippen molar-refractivity contribution in [2.24, 2.45) is 0 Å². The van der Waals surface area contributed by atoms with E-state index in [4.69, 9.17) is 11.6 Å². The summed E-state index contributed by atoms with van der Waals surface area (Å²) in [5, 5.41) is 3.09. The second-order valence-corrected chi connectivity index (χ2v) is 5.88. The number of alkyl halides is 3. The minimum atomic E-state index is -4.20. The lowest BCUT2D eigenvalue weighted by Gasteiger charge is -2.18. The van der Waals surface area contributed by atoms with Gasteiger partial charge in [-0.1, -0.05) is 11.6 Å². The lowest BCUT2D eigenvalue weighted by Crippen LogP contribution is -2.33. The third kappa shape index (κ3) is 7.15. The van der Waals surface area contributed by atoms with Crippen molar-refractivity contribution in [1.29, 1.82) is 0 Å². The molecule has 0 heterocycles. The van der Waals surface area contributed by atoms with Crippen molar-refractivity contribution < 1.29 is 18.0 Å². The maximum absolute atomic E-state index is 12.1. The fourth-order valence-corrected chi connectivity index (χ4v) is 2.30. The molecule has 0 saturated heterocycles. The molecule has 0 atom stereocenters. The lowest BCUT2D eigenvalue weighted by atomic mass is 10.2. The Hall–Kier alpha value is -0.790. The van der Waals surface area contributed by atoms with Gasteiger partial charge in [-0.25, -0.2) is 0 Å². The first-order valence-corrected chi connectivity index (χ1v) is 7.34. The van der Waals surface area contributed by atoms with Crippen LogP contribution in [0.3, 0.4) is 0 Å². The number of hydrogen-bond acceptors (Lipinski definition) is 2. The molecule has 0 aliphatic heterocycles. The highest BCUT2D eigenvalue weighted by atomic mass is 79.9. The fraction of sp³-hybridized carbons (Fsp3) is 0.462. The van der Waals surface area contributed by atoms with E-state index in [1.165, 1.54) is 18.0 Å². The lowest BCUT2D eigenvalue weighted by molar-refractivity contribution is -0.143. The van der Waals surface area contributed by atoms with Crippen LogP contribution < -0.4 is 5.32 Å². The molecule has 0 bridgehead atoms. The van der Waals surface area contributed by atoms with Crippen LogP contribution in [0.2, 0.25) is 5.02 Å². The number of amides is 1. The van der Waals surface area contributed by atoms with Gasteiger partial charge in [-0.3, -0.25) is 9.69 Å². The van der Waals surface area contributed by atoms with Crippen LogP contribution in [0.4, 0.5) is 13.2 Å². The zero-order valence-electron chi connectivity index (χ0n) is 11.3. The first-order chi connectivity index (χ1) is 9.69. The van der Waals surface area contributed by atoms with Gasteiger partial charge in [0, 0.05) is 16.0 Å². The predicted octanol–water partition coefficient (Wildman–Crippen LogP) is 3.72. The van der Waals surface area contributed by atoms with E-state index < -0.39 is 12.7 Å². The Morgan fingerprint density at radius 3 is 2.71 bits per heavy atom. The number of benzene rings is 1. The highest BCUT2D eigenvalue weighted by Crippen LogP contribution is 2.21. The van der Waals surface area contributed by atoms with Crippen molar-refractivity contribution in [3.63, 3.8) is 0 Å². The van der Waals surface area contributed by atoms with Crippen LogP contribution in [0.25, 0.3) is 0 Å². The summed E-state index contributed by atoms with van der Waals surface area (Å²) in [6.07, 6.45) is -3.78. The zero-order valence-corrected chi connectivity index (χ0v) is 13.6. The van der Waals surface area contributed by atoms with E-state index in [0.717, 1.165) is 0 Å². The largest absolute Gasteiger partial charge is 0.401 e. The van der Waals surface area contributed by atoms with E-state index in [9.17, 15) is 18.0 Å². The molecule has 0 saturated carbocycles. The molecule has 21 heavy (non-hydrogen) atoms. The summed E-state index contributed by atoms with van der Waals surface area (Å²) >= 11 is 9.05. The zero-order chi connectivity index (χ0) is 16.0. The number of nitrogens with one attached hydrogen (secondary N) is 1. The van der Waals surface area contributed by atoms with Gasteiger partial charge in [0.25, 0.3) is 5.91 Å². The third-order valence-electron chi connectivity index (χ3n) is 2.62. The van der Waals surface area contributed by atoms with Gasteiger partial charge >= 0.3 is 6.18 Å². The standard InChI is InChI=1S/C13H15BrClF3N2O/c1-20(8-13(16,17)18)6-2-5-19-12(21)10-7-9(15)3-4-11(10)14/h3-4,7H,2,5-6,8H2,1H3,(H,19,21). The Bertz CT molecular complexity index is 497. The Kier molecular flexibility index (Phi) is 6.96. The first-order valence-electron chi connectivity index (χ1n) is 6.17. The smallest absolute Gasteiger partial charge is 0.352 e. The van der Waals surface area contributed by atoms with E-state index in [1.54, 1.807) is 12.1 Å². The minimum absolute atomic E-state index is 0.247. The maximum atomic E-state index is 12.1. The number of carbonyl (C=O) groups excluding carboxylic acids is 1. The second kappa shape index (κ2) is 8.00. The summed E-state index contributed by atoms with van der Waals surface area (Å²) < 4.78 is 37.0. The van der Waals surface area contributed by atoms with E-state index in [2.05, 4.69) is 21.2 Å². The van der Waals surface area contributed by atoms with Gasteiger partial charge in [0.05, 0.1) is 12.1 Å². The SMILES string of the molecule is CN(CCCNC(=O)c1cc(Cl)ccc1Br)CC(F)(F)F. The minimum Gasteiger partial charge on any atom is -0.352 e. The average Bonchev–Trinajstić information content (AvgIpc) is 2.35. The van der Waals surface area contributed by atoms with Gasteiger partial charge in [0.1, 0.15) is 0 Å². The average molecular weight is 388 g/mol. The monoisotopic (exact) mass is 386 g/mol. The summed E-state index contributed by atoms with van der Waals surface area (Å²) in [4.78, 5) is 13.1. The maximum Gasteiger partial charge on any atom is 0.401 e. The summed E-state index contributed by atoms with van der Waals surface area (Å²) in [5.74, 6) is -0.317. The Morgan fingerprint density at radius 1 is 1.43 bits per heavy atom. The van der Waals surface area contributed by atoms with Gasteiger partial charge < -0.3 is 5.32 Å². The highest BCUT2D eigenvalue weighted by Gasteiger charge is 2.28. The van der Waals surface area contributed by atoms with E-state index in [1.807, 2.05) is 0 Å². The van der Waals surface area contributed by atoms with Crippen LogP contribution in [-0.4, -0.2) is 43.7 Å². The molecule has 0 spiro atoms. The molecule has 1 aromatic carbocycles. The molecule has 0 aromatic heterocycles. The summed E-state index contributed by atoms with van der Waals surface area (Å²) in [5.41, 5.74) is 0.395. The summed E-state index contributed by atoms with van der Waals surface area (Å²) in [6.45, 7) is -0.419. The van der Waals surface area contributed by atoms with Gasteiger partial charge in [0.2, 0.25) is 0 Å². The van der Waals surface area contributed by atoms with Crippen molar-refractivity contribution in [3.8, 4) is 0 Å². The van der Waals surface area contributed by atoms with Crippen LogP contribution in [-0.2, 0) is 0 Å².